The molecule has 38 heavy (non-hydrogen) atoms. The van der Waals surface area contributed by atoms with E-state index in [1.165, 1.54) is 12.8 Å². The van der Waals surface area contributed by atoms with E-state index in [0.29, 0.717) is 43.4 Å². The zero-order valence-electron chi connectivity index (χ0n) is 24.1. The Morgan fingerprint density at radius 2 is 1.74 bits per heavy atom. The summed E-state index contributed by atoms with van der Waals surface area (Å²) in [6.45, 7) is 9.91. The van der Waals surface area contributed by atoms with Crippen LogP contribution in [0.3, 0.4) is 0 Å². The zero-order chi connectivity index (χ0) is 28.1. The molecule has 8 heteroatoms. The van der Waals surface area contributed by atoms with Crippen LogP contribution in [0.5, 0.6) is 5.75 Å². The van der Waals surface area contributed by atoms with Crippen LogP contribution in [-0.4, -0.2) is 62.5 Å². The lowest BCUT2D eigenvalue weighted by atomic mass is 9.77. The Morgan fingerprint density at radius 3 is 2.39 bits per heavy atom. The Hall–Kier alpha value is -2.16. The number of ether oxygens (including phenoxy) is 2. The molecule has 0 aromatic heterocycles. The van der Waals surface area contributed by atoms with Crippen molar-refractivity contribution in [1.29, 1.82) is 0 Å². The number of nitrogens with two attached hydrogens (primary N) is 1. The predicted molar refractivity (Wildman–Crippen MR) is 151 cm³/mol. The Bertz CT molecular complexity index is 854. The summed E-state index contributed by atoms with van der Waals surface area (Å²) in [7, 11) is 1.68. The number of nitrogens with one attached hydrogen (secondary N) is 2. The Balaban J connectivity index is 1.85. The molecule has 216 valence electrons. The molecule has 0 bridgehead atoms. The summed E-state index contributed by atoms with van der Waals surface area (Å²) in [6.07, 6.45) is 5.92. The smallest absolute Gasteiger partial charge is 0.255 e. The average Bonchev–Trinajstić information content (AvgIpc) is 3.45. The van der Waals surface area contributed by atoms with E-state index >= 15 is 0 Å². The van der Waals surface area contributed by atoms with Gasteiger partial charge in [-0.1, -0.05) is 52.7 Å². The largest absolute Gasteiger partial charge is 0.493 e. The molecule has 0 aliphatic heterocycles. The molecule has 0 radical (unpaired) electrons. The summed E-state index contributed by atoms with van der Waals surface area (Å²) < 4.78 is 10.9. The average molecular weight is 534 g/mol. The van der Waals surface area contributed by atoms with Crippen LogP contribution in [-0.2, 0) is 9.53 Å². The minimum absolute atomic E-state index is 0.0251. The van der Waals surface area contributed by atoms with Gasteiger partial charge in [-0.15, -0.1) is 0 Å². The molecule has 2 rings (SSSR count). The van der Waals surface area contributed by atoms with E-state index < -0.39 is 17.6 Å². The molecule has 8 nitrogen and oxygen atoms in total. The molecule has 0 heterocycles. The van der Waals surface area contributed by atoms with E-state index in [9.17, 15) is 14.7 Å². The number of rotatable bonds is 17. The number of para-hydroxylation sites is 1. The van der Waals surface area contributed by atoms with Crippen LogP contribution < -0.4 is 21.1 Å². The SMILES string of the molecule is COCCCCOc1ccccc1C(=O)NC[C@@H](C[C@H](N)[C@@H](O)CNC(=O)C(C)(C)C1CCCC1)C(C)C. The van der Waals surface area contributed by atoms with Gasteiger partial charge in [-0.3, -0.25) is 9.59 Å². The van der Waals surface area contributed by atoms with Crippen LogP contribution in [0.25, 0.3) is 0 Å². The van der Waals surface area contributed by atoms with E-state index in [0.717, 1.165) is 25.7 Å². The maximum atomic E-state index is 13.0. The second-order valence-electron chi connectivity index (χ2n) is 11.6. The summed E-state index contributed by atoms with van der Waals surface area (Å²) in [6, 6.07) is 6.72. The second-order valence-corrected chi connectivity index (χ2v) is 11.6. The van der Waals surface area contributed by atoms with Gasteiger partial charge in [0.25, 0.3) is 5.91 Å². The maximum Gasteiger partial charge on any atom is 0.255 e. The van der Waals surface area contributed by atoms with Gasteiger partial charge in [0, 0.05) is 38.3 Å². The van der Waals surface area contributed by atoms with E-state index in [-0.39, 0.29) is 30.2 Å². The topological polar surface area (TPSA) is 123 Å². The highest BCUT2D eigenvalue weighted by molar-refractivity contribution is 5.96. The Kier molecular flexibility index (Phi) is 13.5. The first-order chi connectivity index (χ1) is 18.1. The molecule has 0 saturated heterocycles. The summed E-state index contributed by atoms with van der Waals surface area (Å²) in [5, 5.41) is 16.7. The third-order valence-electron chi connectivity index (χ3n) is 8.10. The van der Waals surface area contributed by atoms with Gasteiger partial charge in [0.2, 0.25) is 5.91 Å². The first-order valence-electron chi connectivity index (χ1n) is 14.3. The predicted octanol–water partition coefficient (Wildman–Crippen LogP) is 3.90. The summed E-state index contributed by atoms with van der Waals surface area (Å²) in [5.41, 5.74) is 6.41. The molecular formula is C30H51N3O5. The lowest BCUT2D eigenvalue weighted by molar-refractivity contribution is -0.132. The van der Waals surface area contributed by atoms with Crippen molar-refractivity contribution in [3.05, 3.63) is 29.8 Å². The van der Waals surface area contributed by atoms with Crippen molar-refractivity contribution in [3.63, 3.8) is 0 Å². The number of benzene rings is 1. The molecule has 1 aromatic carbocycles. The quantitative estimate of drug-likeness (QED) is 0.225. The van der Waals surface area contributed by atoms with Gasteiger partial charge in [0.1, 0.15) is 5.75 Å². The van der Waals surface area contributed by atoms with E-state index in [1.54, 1.807) is 19.2 Å². The van der Waals surface area contributed by atoms with Gasteiger partial charge in [-0.25, -0.2) is 0 Å². The molecule has 5 N–H and O–H groups in total. The number of hydrogen-bond donors (Lipinski definition) is 4. The number of hydrogen-bond acceptors (Lipinski definition) is 6. The summed E-state index contributed by atoms with van der Waals surface area (Å²) in [4.78, 5) is 25.8. The minimum atomic E-state index is -0.859. The molecule has 0 spiro atoms. The summed E-state index contributed by atoms with van der Waals surface area (Å²) in [5.74, 6) is 1.04. The van der Waals surface area contributed by atoms with Gasteiger partial charge in [0.15, 0.2) is 0 Å². The van der Waals surface area contributed by atoms with E-state index in [1.807, 2.05) is 26.0 Å². The second kappa shape index (κ2) is 16.1. The molecule has 1 fully saturated rings. The highest BCUT2D eigenvalue weighted by Gasteiger charge is 2.38. The number of unbranched alkanes of at least 4 members (excludes halogenated alkanes) is 1. The van der Waals surface area contributed by atoms with Crippen molar-refractivity contribution in [2.45, 2.75) is 84.8 Å². The Labute approximate surface area is 229 Å². The van der Waals surface area contributed by atoms with Crippen molar-refractivity contribution in [3.8, 4) is 5.75 Å². The van der Waals surface area contributed by atoms with E-state index in [2.05, 4.69) is 24.5 Å². The maximum absolute atomic E-state index is 13.0. The molecule has 3 atom stereocenters. The van der Waals surface area contributed by atoms with Crippen molar-refractivity contribution >= 4 is 11.8 Å². The van der Waals surface area contributed by atoms with Gasteiger partial charge in [0.05, 0.1) is 18.3 Å². The van der Waals surface area contributed by atoms with Crippen molar-refractivity contribution in [2.75, 3.05) is 33.4 Å². The van der Waals surface area contributed by atoms with Crippen LogP contribution in [0.1, 0.15) is 83.0 Å². The third-order valence-corrected chi connectivity index (χ3v) is 8.10. The zero-order valence-corrected chi connectivity index (χ0v) is 24.1. The molecular weight excluding hydrogens is 482 g/mol. The van der Waals surface area contributed by atoms with Crippen LogP contribution in [0, 0.1) is 23.2 Å². The van der Waals surface area contributed by atoms with Crippen LogP contribution in [0.15, 0.2) is 24.3 Å². The first-order valence-corrected chi connectivity index (χ1v) is 14.3. The van der Waals surface area contributed by atoms with Gasteiger partial charge >= 0.3 is 0 Å². The highest BCUT2D eigenvalue weighted by atomic mass is 16.5. The molecule has 1 aliphatic rings. The fraction of sp³-hybridized carbons (Fsp3) is 0.733. The molecule has 0 unspecified atom stereocenters. The number of aliphatic hydroxyl groups is 1. The molecule has 1 aliphatic carbocycles. The fourth-order valence-electron chi connectivity index (χ4n) is 5.14. The number of carbonyl (C=O) groups excluding carboxylic acids is 2. The van der Waals surface area contributed by atoms with Crippen LogP contribution in [0.4, 0.5) is 0 Å². The number of methoxy groups -OCH3 is 1. The molecule has 2 amide bonds. The fourth-order valence-corrected chi connectivity index (χ4v) is 5.14. The van der Waals surface area contributed by atoms with Crippen LogP contribution in [0.2, 0.25) is 0 Å². The highest BCUT2D eigenvalue weighted by Crippen LogP contribution is 2.39. The van der Waals surface area contributed by atoms with Crippen molar-refractivity contribution in [1.82, 2.24) is 10.6 Å². The normalized spacial score (nSPS) is 16.7. The lowest BCUT2D eigenvalue weighted by Gasteiger charge is -2.31. The number of aliphatic hydroxyl groups excluding tert-OH is 1. The van der Waals surface area contributed by atoms with Crippen molar-refractivity contribution < 1.29 is 24.2 Å². The standard InChI is InChI=1S/C30H51N3O5/c1-21(2)22(18-25(31)26(34)20-33-29(36)30(3,4)23-12-6-7-13-23)19-32-28(35)24-14-8-9-15-27(24)38-17-11-10-16-37-5/h8-9,14-15,21-23,25-26,34H,6-7,10-13,16-20,31H2,1-5H3,(H,32,35)(H,33,36)/t22-,25+,26+/m1/s1. The van der Waals surface area contributed by atoms with Gasteiger partial charge in [-0.2, -0.15) is 0 Å². The number of amides is 2. The van der Waals surface area contributed by atoms with Gasteiger partial charge in [-0.05, 0) is 62.0 Å². The molecule has 1 aromatic rings. The Morgan fingerprint density at radius 1 is 1.08 bits per heavy atom. The lowest BCUT2D eigenvalue weighted by Crippen LogP contribution is -2.49. The monoisotopic (exact) mass is 533 g/mol. The van der Waals surface area contributed by atoms with E-state index in [4.69, 9.17) is 15.2 Å². The summed E-state index contributed by atoms with van der Waals surface area (Å²) >= 11 is 0. The van der Waals surface area contributed by atoms with Gasteiger partial charge < -0.3 is 30.9 Å². The third kappa shape index (κ3) is 9.86. The van der Waals surface area contributed by atoms with Crippen LogP contribution >= 0.6 is 0 Å². The minimum Gasteiger partial charge on any atom is -0.493 e. The molecule has 1 saturated carbocycles. The number of carbonyl (C=O) groups is 2. The van der Waals surface area contributed by atoms with Crippen molar-refractivity contribution in [2.24, 2.45) is 28.9 Å². The first kappa shape index (κ1) is 32.1.